The molecule has 0 saturated heterocycles. The third-order valence-electron chi connectivity index (χ3n) is 5.93. The third-order valence-corrected chi connectivity index (χ3v) is 7.65. The van der Waals surface area contributed by atoms with Gasteiger partial charge in [-0.05, 0) is 47.6 Å². The maximum Gasteiger partial charge on any atom is 0.244 e. The molecule has 0 aliphatic carbocycles. The van der Waals surface area contributed by atoms with Gasteiger partial charge in [0.1, 0.15) is 12.6 Å². The Morgan fingerprint density at radius 3 is 2.22 bits per heavy atom. The minimum atomic E-state index is -3.82. The summed E-state index contributed by atoms with van der Waals surface area (Å²) in [7, 11) is -3.82. The molecule has 0 aromatic heterocycles. The van der Waals surface area contributed by atoms with E-state index in [9.17, 15) is 18.0 Å². The van der Waals surface area contributed by atoms with Crippen molar-refractivity contribution in [2.75, 3.05) is 23.7 Å². The van der Waals surface area contributed by atoms with Gasteiger partial charge in [-0.25, -0.2) is 8.42 Å². The van der Waals surface area contributed by atoms with Crippen LogP contribution in [0.3, 0.4) is 0 Å². The molecule has 0 radical (unpaired) electrons. The first-order valence-electron chi connectivity index (χ1n) is 12.3. The van der Waals surface area contributed by atoms with Crippen molar-refractivity contribution in [2.45, 2.75) is 59.5 Å². The molecule has 37 heavy (non-hydrogen) atoms. The lowest BCUT2D eigenvalue weighted by molar-refractivity contribution is -0.140. The standard InChI is InChI=1S/C27H37Cl2N3O4S/c1-7-24(27(34)30-15-18(2)3)31(16-20-12-13-21(28)14-23(20)29)26(33)17-32(37(6,35)36)25-11-9-8-10-22(25)19(4)5/h8-14,18-19,24H,7,15-17H2,1-6H3,(H,30,34)/t24-/m0/s1. The maximum atomic E-state index is 13.9. The highest BCUT2D eigenvalue weighted by molar-refractivity contribution is 7.92. The fourth-order valence-electron chi connectivity index (χ4n) is 3.97. The molecule has 1 N–H and O–H groups in total. The number of sulfonamides is 1. The van der Waals surface area contributed by atoms with Crippen LogP contribution < -0.4 is 9.62 Å². The van der Waals surface area contributed by atoms with Crippen LogP contribution >= 0.6 is 23.2 Å². The number of carbonyl (C=O) groups excluding carboxylic acids is 2. The summed E-state index contributed by atoms with van der Waals surface area (Å²) in [5, 5.41) is 3.70. The molecule has 0 fully saturated rings. The first-order valence-corrected chi connectivity index (χ1v) is 14.9. The molecule has 0 unspecified atom stereocenters. The summed E-state index contributed by atoms with van der Waals surface area (Å²) in [6, 6.07) is 11.2. The number of para-hydroxylation sites is 1. The predicted molar refractivity (Wildman–Crippen MR) is 152 cm³/mol. The number of anilines is 1. The normalized spacial score (nSPS) is 12.5. The molecule has 0 aliphatic rings. The molecular formula is C27H37Cl2N3O4S. The third kappa shape index (κ3) is 8.62. The van der Waals surface area contributed by atoms with E-state index in [1.54, 1.807) is 30.3 Å². The smallest absolute Gasteiger partial charge is 0.244 e. The van der Waals surface area contributed by atoms with E-state index in [1.165, 1.54) is 4.90 Å². The van der Waals surface area contributed by atoms with Gasteiger partial charge in [0, 0.05) is 23.1 Å². The van der Waals surface area contributed by atoms with Gasteiger partial charge in [0.05, 0.1) is 11.9 Å². The van der Waals surface area contributed by atoms with E-state index in [1.807, 2.05) is 46.8 Å². The molecule has 204 valence electrons. The Bertz CT molecular complexity index is 1200. The Balaban J connectivity index is 2.52. The van der Waals surface area contributed by atoms with Crippen LogP contribution in [0, 0.1) is 5.92 Å². The number of benzene rings is 2. The molecule has 7 nitrogen and oxygen atoms in total. The van der Waals surface area contributed by atoms with Crippen molar-refractivity contribution < 1.29 is 18.0 Å². The molecule has 2 amide bonds. The molecule has 2 aromatic rings. The summed E-state index contributed by atoms with van der Waals surface area (Å²) in [5.41, 5.74) is 1.84. The van der Waals surface area contributed by atoms with Gasteiger partial charge in [-0.1, -0.05) is 82.1 Å². The van der Waals surface area contributed by atoms with Crippen molar-refractivity contribution in [3.05, 3.63) is 63.6 Å². The molecular weight excluding hydrogens is 533 g/mol. The first kappa shape index (κ1) is 30.9. The lowest BCUT2D eigenvalue weighted by atomic mass is 10.0. The summed E-state index contributed by atoms with van der Waals surface area (Å²) >= 11 is 12.5. The maximum absolute atomic E-state index is 13.9. The molecule has 1 atom stereocenters. The number of amides is 2. The Morgan fingerprint density at radius 2 is 1.68 bits per heavy atom. The molecule has 0 spiro atoms. The van der Waals surface area contributed by atoms with E-state index in [2.05, 4.69) is 5.32 Å². The minimum Gasteiger partial charge on any atom is -0.354 e. The van der Waals surface area contributed by atoms with Gasteiger partial charge in [0.25, 0.3) is 0 Å². The Kier molecular flexibility index (Phi) is 11.3. The highest BCUT2D eigenvalue weighted by Crippen LogP contribution is 2.30. The number of rotatable bonds is 12. The number of hydrogen-bond donors (Lipinski definition) is 1. The van der Waals surface area contributed by atoms with Crippen LogP contribution in [-0.4, -0.2) is 50.5 Å². The number of halogens is 2. The van der Waals surface area contributed by atoms with E-state index < -0.39 is 28.5 Å². The zero-order valence-electron chi connectivity index (χ0n) is 22.3. The molecule has 0 saturated carbocycles. The lowest BCUT2D eigenvalue weighted by Gasteiger charge is -2.33. The highest BCUT2D eigenvalue weighted by atomic mass is 35.5. The topological polar surface area (TPSA) is 86.8 Å². The fraction of sp³-hybridized carbons (Fsp3) is 0.481. The van der Waals surface area contributed by atoms with Crippen LogP contribution in [-0.2, 0) is 26.2 Å². The van der Waals surface area contributed by atoms with Gasteiger partial charge in [0.15, 0.2) is 0 Å². The van der Waals surface area contributed by atoms with Crippen LogP contribution in [0.2, 0.25) is 10.0 Å². The summed E-state index contributed by atoms with van der Waals surface area (Å²) in [6.07, 6.45) is 1.41. The zero-order chi connectivity index (χ0) is 27.9. The van der Waals surface area contributed by atoms with Gasteiger partial charge in [-0.15, -0.1) is 0 Å². The van der Waals surface area contributed by atoms with Crippen LogP contribution in [0.25, 0.3) is 0 Å². The van der Waals surface area contributed by atoms with Crippen LogP contribution in [0.4, 0.5) is 5.69 Å². The van der Waals surface area contributed by atoms with Gasteiger partial charge in [0.2, 0.25) is 21.8 Å². The van der Waals surface area contributed by atoms with Crippen LogP contribution in [0.15, 0.2) is 42.5 Å². The predicted octanol–water partition coefficient (Wildman–Crippen LogP) is 5.46. The monoisotopic (exact) mass is 569 g/mol. The second-order valence-corrected chi connectivity index (χ2v) is 12.6. The average molecular weight is 571 g/mol. The fourth-order valence-corrected chi connectivity index (χ4v) is 5.31. The van der Waals surface area contributed by atoms with E-state index >= 15 is 0 Å². The van der Waals surface area contributed by atoms with E-state index in [0.717, 1.165) is 16.1 Å². The van der Waals surface area contributed by atoms with E-state index in [-0.39, 0.29) is 24.3 Å². The zero-order valence-corrected chi connectivity index (χ0v) is 24.6. The van der Waals surface area contributed by atoms with Gasteiger partial charge in [-0.2, -0.15) is 0 Å². The SMILES string of the molecule is CC[C@@H](C(=O)NCC(C)C)N(Cc1ccc(Cl)cc1Cl)C(=O)CN(c1ccccc1C(C)C)S(C)(=O)=O. The van der Waals surface area contributed by atoms with Crippen molar-refractivity contribution in [3.63, 3.8) is 0 Å². The molecule has 0 bridgehead atoms. The lowest BCUT2D eigenvalue weighted by Crippen LogP contribution is -2.52. The van der Waals surface area contributed by atoms with Crippen LogP contribution in [0.5, 0.6) is 0 Å². The number of nitrogens with one attached hydrogen (secondary N) is 1. The number of nitrogens with zero attached hydrogens (tertiary/aromatic N) is 2. The summed E-state index contributed by atoms with van der Waals surface area (Å²) in [6.45, 7) is 9.71. The molecule has 10 heteroatoms. The first-order chi connectivity index (χ1) is 17.3. The van der Waals surface area contributed by atoms with Crippen molar-refractivity contribution >= 4 is 50.7 Å². The van der Waals surface area contributed by atoms with E-state index in [0.29, 0.717) is 34.3 Å². The highest BCUT2D eigenvalue weighted by Gasteiger charge is 2.32. The molecule has 0 heterocycles. The van der Waals surface area contributed by atoms with Crippen molar-refractivity contribution in [1.82, 2.24) is 10.2 Å². The molecule has 2 aromatic carbocycles. The van der Waals surface area contributed by atoms with Gasteiger partial charge >= 0.3 is 0 Å². The van der Waals surface area contributed by atoms with Gasteiger partial charge < -0.3 is 10.2 Å². The van der Waals surface area contributed by atoms with Crippen molar-refractivity contribution in [2.24, 2.45) is 5.92 Å². The van der Waals surface area contributed by atoms with Crippen LogP contribution in [0.1, 0.15) is 58.1 Å². The minimum absolute atomic E-state index is 0.0197. The second kappa shape index (κ2) is 13.5. The summed E-state index contributed by atoms with van der Waals surface area (Å²) < 4.78 is 26.9. The van der Waals surface area contributed by atoms with Crippen molar-refractivity contribution in [1.29, 1.82) is 0 Å². The Labute approximate surface area is 231 Å². The Morgan fingerprint density at radius 1 is 1.03 bits per heavy atom. The number of hydrogen-bond acceptors (Lipinski definition) is 4. The average Bonchev–Trinajstić information content (AvgIpc) is 2.81. The summed E-state index contributed by atoms with van der Waals surface area (Å²) in [4.78, 5) is 28.4. The quantitative estimate of drug-likeness (QED) is 0.367. The van der Waals surface area contributed by atoms with Gasteiger partial charge in [-0.3, -0.25) is 13.9 Å². The number of carbonyl (C=O) groups is 2. The molecule has 0 aliphatic heterocycles. The van der Waals surface area contributed by atoms with Crippen molar-refractivity contribution in [3.8, 4) is 0 Å². The van der Waals surface area contributed by atoms with E-state index in [4.69, 9.17) is 23.2 Å². The second-order valence-electron chi connectivity index (χ2n) is 9.80. The summed E-state index contributed by atoms with van der Waals surface area (Å²) in [5.74, 6) is -0.557. The Hall–Kier alpha value is -2.29. The molecule has 2 rings (SSSR count). The largest absolute Gasteiger partial charge is 0.354 e.